The van der Waals surface area contributed by atoms with Crippen LogP contribution in [0.4, 0.5) is 0 Å². The molecule has 9 heteroatoms. The van der Waals surface area contributed by atoms with Gasteiger partial charge in [-0.1, -0.05) is 55.4 Å². The van der Waals surface area contributed by atoms with Gasteiger partial charge in [-0.25, -0.2) is 9.13 Å². The van der Waals surface area contributed by atoms with Crippen molar-refractivity contribution in [3.63, 3.8) is 0 Å². The number of hydrogen-bond acceptors (Lipinski definition) is 7. The van der Waals surface area contributed by atoms with Crippen LogP contribution in [0, 0.1) is 23.7 Å². The van der Waals surface area contributed by atoms with E-state index < -0.39 is 15.6 Å². The molecule has 7 nitrogen and oxygen atoms in total. The second-order valence-electron chi connectivity index (χ2n) is 7.73. The van der Waals surface area contributed by atoms with Crippen LogP contribution >= 0.6 is 15.6 Å². The van der Waals surface area contributed by atoms with E-state index in [0.29, 0.717) is 0 Å². The Kier molecular flexibility index (Phi) is 12.0. The Morgan fingerprint density at radius 1 is 0.520 bits per heavy atom. The van der Waals surface area contributed by atoms with Crippen molar-refractivity contribution in [2.75, 3.05) is 26.4 Å². The lowest BCUT2D eigenvalue weighted by Gasteiger charge is -2.25. The van der Waals surface area contributed by atoms with E-state index >= 15 is 0 Å². The van der Waals surface area contributed by atoms with E-state index in [2.05, 4.69) is 0 Å². The van der Waals surface area contributed by atoms with Crippen LogP contribution in [-0.4, -0.2) is 26.4 Å². The predicted molar refractivity (Wildman–Crippen MR) is 99.5 cm³/mol. The molecular formula is C16H36O7P2. The molecule has 0 aromatic heterocycles. The SMILES string of the molecule is CC(C)COP(=O)(OCC(C)C)OP(=O)(OCC(C)C)OCC(C)C. The summed E-state index contributed by atoms with van der Waals surface area (Å²) in [4.78, 5) is 0. The van der Waals surface area contributed by atoms with Gasteiger partial charge in [-0.3, -0.25) is 18.1 Å². The van der Waals surface area contributed by atoms with Crippen LogP contribution < -0.4 is 0 Å². The molecule has 25 heavy (non-hydrogen) atoms. The number of phosphoric ester groups is 2. The summed E-state index contributed by atoms with van der Waals surface area (Å²) in [5.74, 6) is 0.415. The minimum Gasteiger partial charge on any atom is -0.286 e. The van der Waals surface area contributed by atoms with Crippen LogP contribution in [0.2, 0.25) is 0 Å². The molecule has 0 saturated carbocycles. The Labute approximate surface area is 153 Å². The van der Waals surface area contributed by atoms with Crippen LogP contribution in [0.15, 0.2) is 0 Å². The lowest BCUT2D eigenvalue weighted by Crippen LogP contribution is -2.12. The molecular weight excluding hydrogens is 366 g/mol. The first-order chi connectivity index (χ1) is 11.4. The molecule has 0 saturated heterocycles. The van der Waals surface area contributed by atoms with E-state index in [0.717, 1.165) is 0 Å². The Bertz CT molecular complexity index is 378. The van der Waals surface area contributed by atoms with Crippen molar-refractivity contribution in [1.29, 1.82) is 0 Å². The van der Waals surface area contributed by atoms with Gasteiger partial charge in [-0.2, -0.15) is 4.31 Å². The molecule has 0 N–H and O–H groups in total. The minimum atomic E-state index is -4.08. The third-order valence-electron chi connectivity index (χ3n) is 2.46. The summed E-state index contributed by atoms with van der Waals surface area (Å²) >= 11 is 0. The molecule has 0 radical (unpaired) electrons. The Hall–Kier alpha value is 0.260. The van der Waals surface area contributed by atoms with Crippen molar-refractivity contribution < 1.29 is 31.5 Å². The zero-order chi connectivity index (χ0) is 19.7. The maximum Gasteiger partial charge on any atom is 0.483 e. The Balaban J connectivity index is 5.24. The average molecular weight is 402 g/mol. The number of hydrogen-bond donors (Lipinski definition) is 0. The van der Waals surface area contributed by atoms with Crippen molar-refractivity contribution in [2.24, 2.45) is 23.7 Å². The second-order valence-corrected chi connectivity index (χ2v) is 11.2. The molecule has 0 aromatic carbocycles. The van der Waals surface area contributed by atoms with E-state index in [-0.39, 0.29) is 50.1 Å². The van der Waals surface area contributed by atoms with E-state index in [9.17, 15) is 9.13 Å². The van der Waals surface area contributed by atoms with Gasteiger partial charge in [0, 0.05) is 0 Å². The molecule has 0 spiro atoms. The van der Waals surface area contributed by atoms with Crippen LogP contribution in [0.1, 0.15) is 55.4 Å². The van der Waals surface area contributed by atoms with Crippen molar-refractivity contribution >= 4 is 15.6 Å². The summed E-state index contributed by atoms with van der Waals surface area (Å²) in [5, 5.41) is 0. The topological polar surface area (TPSA) is 80.3 Å². The highest BCUT2D eigenvalue weighted by Crippen LogP contribution is 2.66. The van der Waals surface area contributed by atoms with E-state index in [1.807, 2.05) is 55.4 Å². The molecule has 0 unspecified atom stereocenters. The van der Waals surface area contributed by atoms with Crippen LogP contribution in [0.5, 0.6) is 0 Å². The van der Waals surface area contributed by atoms with E-state index in [1.165, 1.54) is 0 Å². The molecule has 152 valence electrons. The molecule has 0 aliphatic heterocycles. The first-order valence-electron chi connectivity index (χ1n) is 8.87. The maximum absolute atomic E-state index is 12.9. The molecule has 0 atom stereocenters. The van der Waals surface area contributed by atoms with Gasteiger partial charge < -0.3 is 0 Å². The smallest absolute Gasteiger partial charge is 0.286 e. The molecule has 0 bridgehead atoms. The summed E-state index contributed by atoms with van der Waals surface area (Å²) < 4.78 is 52.4. The van der Waals surface area contributed by atoms with Crippen molar-refractivity contribution in [1.82, 2.24) is 0 Å². The molecule has 0 aliphatic rings. The number of phosphoric acid groups is 2. The fourth-order valence-corrected chi connectivity index (χ4v) is 5.06. The molecule has 0 rings (SSSR count). The first kappa shape index (κ1) is 25.3. The molecule has 0 fully saturated rings. The monoisotopic (exact) mass is 402 g/mol. The van der Waals surface area contributed by atoms with Gasteiger partial charge in [0.15, 0.2) is 0 Å². The average Bonchev–Trinajstić information content (AvgIpc) is 2.48. The third-order valence-corrected chi connectivity index (χ3v) is 5.93. The van der Waals surface area contributed by atoms with Crippen molar-refractivity contribution in [3.05, 3.63) is 0 Å². The van der Waals surface area contributed by atoms with Crippen molar-refractivity contribution in [3.8, 4) is 0 Å². The lowest BCUT2D eigenvalue weighted by molar-refractivity contribution is 0.0888. The largest absolute Gasteiger partial charge is 0.483 e. The Morgan fingerprint density at radius 2 is 0.720 bits per heavy atom. The standard InChI is InChI=1S/C16H36O7P2/c1-13(2)9-19-24(17,20-10-14(3)4)23-25(18,21-11-15(5)6)22-12-16(7)8/h13-16H,9-12H2,1-8H3. The second kappa shape index (κ2) is 11.9. The van der Waals surface area contributed by atoms with Crippen LogP contribution in [0.3, 0.4) is 0 Å². The fraction of sp³-hybridized carbons (Fsp3) is 1.00. The molecule has 0 aromatic rings. The normalized spacial score (nSPS) is 13.6. The van der Waals surface area contributed by atoms with Gasteiger partial charge in [0.1, 0.15) is 0 Å². The van der Waals surface area contributed by atoms with Gasteiger partial charge in [0.25, 0.3) is 0 Å². The highest BCUT2D eigenvalue weighted by molar-refractivity contribution is 7.62. The highest BCUT2D eigenvalue weighted by Gasteiger charge is 2.41. The Morgan fingerprint density at radius 3 is 0.880 bits per heavy atom. The maximum atomic E-state index is 12.9. The van der Waals surface area contributed by atoms with Gasteiger partial charge in [0.05, 0.1) is 26.4 Å². The van der Waals surface area contributed by atoms with Crippen molar-refractivity contribution in [2.45, 2.75) is 55.4 Å². The summed E-state index contributed by atoms with van der Waals surface area (Å²) in [6, 6.07) is 0. The number of rotatable bonds is 14. The van der Waals surface area contributed by atoms with Crippen LogP contribution in [-0.2, 0) is 31.5 Å². The molecule has 0 amide bonds. The summed E-state index contributed by atoms with van der Waals surface area (Å²) in [7, 11) is -8.16. The van der Waals surface area contributed by atoms with Crippen LogP contribution in [0.25, 0.3) is 0 Å². The van der Waals surface area contributed by atoms with E-state index in [4.69, 9.17) is 22.4 Å². The summed E-state index contributed by atoms with van der Waals surface area (Å²) in [5.41, 5.74) is 0. The summed E-state index contributed by atoms with van der Waals surface area (Å²) in [6.07, 6.45) is 0. The zero-order valence-electron chi connectivity index (χ0n) is 16.9. The van der Waals surface area contributed by atoms with Gasteiger partial charge >= 0.3 is 15.6 Å². The minimum absolute atomic E-state index is 0.104. The van der Waals surface area contributed by atoms with E-state index in [1.54, 1.807) is 0 Å². The zero-order valence-corrected chi connectivity index (χ0v) is 18.7. The van der Waals surface area contributed by atoms with Gasteiger partial charge in [-0.05, 0) is 23.7 Å². The summed E-state index contributed by atoms with van der Waals surface area (Å²) in [6.45, 7) is 15.8. The highest BCUT2D eigenvalue weighted by atomic mass is 31.3. The third kappa shape index (κ3) is 13.1. The van der Waals surface area contributed by atoms with Gasteiger partial charge in [0.2, 0.25) is 0 Å². The van der Waals surface area contributed by atoms with Gasteiger partial charge in [-0.15, -0.1) is 0 Å². The lowest BCUT2D eigenvalue weighted by atomic mass is 10.2. The predicted octanol–water partition coefficient (Wildman–Crippen LogP) is 5.91. The first-order valence-corrected chi connectivity index (χ1v) is 11.8. The molecule has 0 heterocycles. The molecule has 0 aliphatic carbocycles. The fourth-order valence-electron chi connectivity index (χ4n) is 1.25. The quantitative estimate of drug-likeness (QED) is 0.334.